The zero-order valence-corrected chi connectivity index (χ0v) is 12.9. The van der Waals surface area contributed by atoms with Crippen LogP contribution in [-0.2, 0) is 4.79 Å². The highest BCUT2D eigenvalue weighted by Gasteiger charge is 2.28. The summed E-state index contributed by atoms with van der Waals surface area (Å²) in [5.41, 5.74) is 0.969. The Morgan fingerprint density at radius 1 is 1.30 bits per heavy atom. The Morgan fingerprint density at radius 3 is 2.52 bits per heavy atom. The third-order valence-corrected chi connectivity index (χ3v) is 4.18. The first-order valence-electron chi connectivity index (χ1n) is 7.82. The minimum atomic E-state index is -0.791. The largest absolute Gasteiger partial charge is 0.481 e. The van der Waals surface area contributed by atoms with Gasteiger partial charge in [0, 0.05) is 19.5 Å². The normalized spacial score (nSPS) is 16.4. The predicted molar refractivity (Wildman–Crippen MR) is 84.5 cm³/mol. The number of piperidine rings is 1. The van der Waals surface area contributed by atoms with Crippen molar-refractivity contribution in [1.82, 2.24) is 10.2 Å². The van der Waals surface area contributed by atoms with Crippen LogP contribution in [0, 0.1) is 17.2 Å². The number of hydrogen-bond donors (Lipinski definition) is 2. The van der Waals surface area contributed by atoms with Crippen LogP contribution in [0.25, 0.3) is 0 Å². The molecule has 0 spiro atoms. The van der Waals surface area contributed by atoms with Gasteiger partial charge in [0.2, 0.25) is 0 Å². The van der Waals surface area contributed by atoms with E-state index in [0.29, 0.717) is 38.8 Å². The lowest BCUT2D eigenvalue weighted by Crippen LogP contribution is -2.46. The number of carbonyl (C=O) groups excluding carboxylic acids is 1. The van der Waals surface area contributed by atoms with Gasteiger partial charge in [0.1, 0.15) is 0 Å². The molecule has 1 aliphatic rings. The van der Waals surface area contributed by atoms with Crippen molar-refractivity contribution >= 4 is 12.0 Å². The van der Waals surface area contributed by atoms with Crippen LogP contribution >= 0.6 is 0 Å². The number of rotatable bonds is 5. The topological polar surface area (TPSA) is 93.4 Å². The van der Waals surface area contributed by atoms with Gasteiger partial charge >= 0.3 is 12.0 Å². The van der Waals surface area contributed by atoms with Crippen LogP contribution in [0.4, 0.5) is 4.79 Å². The number of nitrogens with zero attached hydrogens (tertiary/aromatic N) is 2. The SMILES string of the molecule is N#CCCC(NC(=O)N1CCC(C(=O)O)CC1)c1ccccc1. The van der Waals surface area contributed by atoms with Crippen molar-refractivity contribution in [2.75, 3.05) is 13.1 Å². The van der Waals surface area contributed by atoms with Crippen LogP contribution in [-0.4, -0.2) is 35.1 Å². The smallest absolute Gasteiger partial charge is 0.317 e. The number of aliphatic carboxylic acids is 1. The molecule has 0 aromatic heterocycles. The molecular weight excluding hydrogens is 294 g/mol. The quantitative estimate of drug-likeness (QED) is 0.873. The standard InChI is InChI=1S/C17H21N3O3/c18-10-4-7-15(13-5-2-1-3-6-13)19-17(23)20-11-8-14(9-12-20)16(21)22/h1-3,5-6,14-15H,4,7-9,11-12H2,(H,19,23)(H,21,22). The van der Waals surface area contributed by atoms with E-state index in [1.165, 1.54) is 0 Å². The van der Waals surface area contributed by atoms with Gasteiger partial charge in [0.15, 0.2) is 0 Å². The fraction of sp³-hybridized carbons (Fsp3) is 0.471. The first kappa shape index (κ1) is 16.8. The lowest BCUT2D eigenvalue weighted by molar-refractivity contribution is -0.143. The van der Waals surface area contributed by atoms with Crippen LogP contribution in [0.3, 0.4) is 0 Å². The first-order chi connectivity index (χ1) is 11.1. The van der Waals surface area contributed by atoms with Crippen molar-refractivity contribution in [2.24, 2.45) is 5.92 Å². The van der Waals surface area contributed by atoms with E-state index >= 15 is 0 Å². The maximum atomic E-state index is 12.4. The molecule has 1 atom stereocenters. The number of hydrogen-bond acceptors (Lipinski definition) is 3. The van der Waals surface area contributed by atoms with Gasteiger partial charge in [0.05, 0.1) is 18.0 Å². The van der Waals surface area contributed by atoms with Crippen LogP contribution in [0.1, 0.15) is 37.3 Å². The molecule has 0 saturated carbocycles. The second-order valence-corrected chi connectivity index (χ2v) is 5.71. The summed E-state index contributed by atoms with van der Waals surface area (Å²) in [7, 11) is 0. The van der Waals surface area contributed by atoms with Crippen molar-refractivity contribution in [2.45, 2.75) is 31.7 Å². The van der Waals surface area contributed by atoms with E-state index in [2.05, 4.69) is 11.4 Å². The Balaban J connectivity index is 1.95. The number of benzene rings is 1. The van der Waals surface area contributed by atoms with E-state index < -0.39 is 5.97 Å². The molecule has 1 fully saturated rings. The number of urea groups is 1. The van der Waals surface area contributed by atoms with E-state index in [0.717, 1.165) is 5.56 Å². The molecule has 0 bridgehead atoms. The van der Waals surface area contributed by atoms with Crippen molar-refractivity contribution < 1.29 is 14.7 Å². The highest BCUT2D eigenvalue weighted by atomic mass is 16.4. The lowest BCUT2D eigenvalue weighted by Gasteiger charge is -2.31. The number of nitrogens with one attached hydrogen (secondary N) is 1. The molecule has 1 saturated heterocycles. The maximum absolute atomic E-state index is 12.4. The average Bonchev–Trinajstić information content (AvgIpc) is 2.59. The summed E-state index contributed by atoms with van der Waals surface area (Å²) in [6, 6.07) is 11.3. The van der Waals surface area contributed by atoms with Crippen LogP contribution < -0.4 is 5.32 Å². The third kappa shape index (κ3) is 4.71. The Hall–Kier alpha value is -2.55. The summed E-state index contributed by atoms with van der Waals surface area (Å²) >= 11 is 0. The first-order valence-corrected chi connectivity index (χ1v) is 7.82. The summed E-state index contributed by atoms with van der Waals surface area (Å²) < 4.78 is 0. The molecule has 6 nitrogen and oxygen atoms in total. The molecule has 122 valence electrons. The Bertz CT molecular complexity index is 574. The fourth-order valence-corrected chi connectivity index (χ4v) is 2.79. The highest BCUT2D eigenvalue weighted by molar-refractivity contribution is 5.75. The minimum absolute atomic E-state index is 0.194. The Kier molecular flexibility index (Phi) is 5.98. The molecule has 2 N–H and O–H groups in total. The van der Waals surface area contributed by atoms with E-state index in [1.54, 1.807) is 4.90 Å². The summed E-state index contributed by atoms with van der Waals surface area (Å²) in [5.74, 6) is -1.15. The zero-order valence-electron chi connectivity index (χ0n) is 12.9. The lowest BCUT2D eigenvalue weighted by atomic mass is 9.97. The van der Waals surface area contributed by atoms with Gasteiger partial charge in [-0.25, -0.2) is 4.79 Å². The number of likely N-dealkylation sites (tertiary alicyclic amines) is 1. The van der Waals surface area contributed by atoms with Crippen molar-refractivity contribution in [3.05, 3.63) is 35.9 Å². The number of carbonyl (C=O) groups is 2. The van der Waals surface area contributed by atoms with Gasteiger partial charge in [-0.1, -0.05) is 30.3 Å². The van der Waals surface area contributed by atoms with Crippen LogP contribution in [0.2, 0.25) is 0 Å². The van der Waals surface area contributed by atoms with Gasteiger partial charge in [-0.3, -0.25) is 4.79 Å². The van der Waals surface area contributed by atoms with Crippen molar-refractivity contribution in [3.8, 4) is 6.07 Å². The molecule has 23 heavy (non-hydrogen) atoms. The van der Waals surface area contributed by atoms with Gasteiger partial charge in [-0.05, 0) is 24.8 Å². The van der Waals surface area contributed by atoms with E-state index in [9.17, 15) is 9.59 Å². The predicted octanol–water partition coefficient (Wildman–Crippen LogP) is 2.54. The summed E-state index contributed by atoms with van der Waals surface area (Å²) in [4.78, 5) is 25.0. The van der Waals surface area contributed by atoms with E-state index in [1.807, 2.05) is 30.3 Å². The minimum Gasteiger partial charge on any atom is -0.481 e. The molecule has 6 heteroatoms. The number of carboxylic acid groups (broad SMARTS) is 1. The maximum Gasteiger partial charge on any atom is 0.317 e. The fourth-order valence-electron chi connectivity index (χ4n) is 2.79. The van der Waals surface area contributed by atoms with Gasteiger partial charge in [-0.15, -0.1) is 0 Å². The van der Waals surface area contributed by atoms with Gasteiger partial charge in [-0.2, -0.15) is 5.26 Å². The van der Waals surface area contributed by atoms with Crippen LogP contribution in [0.5, 0.6) is 0 Å². The molecule has 1 heterocycles. The number of amides is 2. The van der Waals surface area contributed by atoms with E-state index in [-0.39, 0.29) is 18.0 Å². The Morgan fingerprint density at radius 2 is 1.96 bits per heavy atom. The molecule has 2 amide bonds. The Labute approximate surface area is 135 Å². The third-order valence-electron chi connectivity index (χ3n) is 4.18. The molecule has 1 aromatic rings. The summed E-state index contributed by atoms with van der Waals surface area (Å²) in [5, 5.41) is 20.8. The van der Waals surface area contributed by atoms with E-state index in [4.69, 9.17) is 10.4 Å². The van der Waals surface area contributed by atoms with Gasteiger partial charge in [0.25, 0.3) is 0 Å². The average molecular weight is 315 g/mol. The monoisotopic (exact) mass is 315 g/mol. The second kappa shape index (κ2) is 8.18. The summed E-state index contributed by atoms with van der Waals surface area (Å²) in [6.07, 6.45) is 1.88. The summed E-state index contributed by atoms with van der Waals surface area (Å²) in [6.45, 7) is 0.894. The molecule has 1 unspecified atom stereocenters. The van der Waals surface area contributed by atoms with Crippen molar-refractivity contribution in [3.63, 3.8) is 0 Å². The number of carboxylic acids is 1. The van der Waals surface area contributed by atoms with Crippen molar-refractivity contribution in [1.29, 1.82) is 5.26 Å². The molecule has 1 aliphatic heterocycles. The second-order valence-electron chi connectivity index (χ2n) is 5.71. The molecule has 0 radical (unpaired) electrons. The zero-order chi connectivity index (χ0) is 16.7. The number of nitriles is 1. The molecule has 0 aliphatic carbocycles. The van der Waals surface area contributed by atoms with Gasteiger partial charge < -0.3 is 15.3 Å². The molecular formula is C17H21N3O3. The van der Waals surface area contributed by atoms with Crippen LogP contribution in [0.15, 0.2) is 30.3 Å². The highest BCUT2D eigenvalue weighted by Crippen LogP contribution is 2.21. The molecule has 1 aromatic carbocycles. The molecule has 2 rings (SSSR count).